The molecular weight excluding hydrogens is 316 g/mol. The van der Waals surface area contributed by atoms with Crippen LogP contribution >= 0.6 is 11.3 Å². The van der Waals surface area contributed by atoms with Gasteiger partial charge in [-0.15, -0.1) is 11.3 Å². The summed E-state index contributed by atoms with van der Waals surface area (Å²) in [6, 6.07) is 12.4. The Morgan fingerprint density at radius 3 is 2.83 bits per heavy atom. The highest BCUT2D eigenvalue weighted by Gasteiger charge is 2.16. The highest BCUT2D eigenvalue weighted by molar-refractivity contribution is 7.17. The van der Waals surface area contributed by atoms with Gasteiger partial charge >= 0.3 is 0 Å². The normalized spacial score (nSPS) is 11.8. The summed E-state index contributed by atoms with van der Waals surface area (Å²) in [5.74, 6) is 0. The number of thiophene rings is 1. The van der Waals surface area contributed by atoms with Crippen molar-refractivity contribution >= 4 is 43.5 Å². The minimum atomic E-state index is 0.687. The van der Waals surface area contributed by atoms with Gasteiger partial charge in [0.2, 0.25) is 5.71 Å². The third kappa shape index (κ3) is 1.83. The molecule has 0 unspecified atom stereocenters. The Bertz CT molecular complexity index is 1230. The molecule has 24 heavy (non-hydrogen) atoms. The third-order valence-electron chi connectivity index (χ3n) is 4.43. The average molecular weight is 330 g/mol. The van der Waals surface area contributed by atoms with Crippen LogP contribution in [0.25, 0.3) is 43.4 Å². The Balaban J connectivity index is 1.92. The van der Waals surface area contributed by atoms with Gasteiger partial charge in [0, 0.05) is 38.3 Å². The Morgan fingerprint density at radius 1 is 1.00 bits per heavy atom. The van der Waals surface area contributed by atoms with E-state index in [2.05, 4.69) is 52.6 Å². The first-order chi connectivity index (χ1) is 11.7. The molecule has 1 aromatic carbocycles. The molecule has 0 bridgehead atoms. The summed E-state index contributed by atoms with van der Waals surface area (Å²) in [5.41, 5.74) is 5.75. The molecule has 0 spiro atoms. The fourth-order valence-corrected chi connectivity index (χ4v) is 4.23. The molecule has 0 saturated carbocycles. The largest absolute Gasteiger partial charge is 0.437 e. The van der Waals surface area contributed by atoms with Crippen LogP contribution in [0.15, 0.2) is 52.4 Å². The quantitative estimate of drug-likeness (QED) is 0.385. The zero-order valence-electron chi connectivity index (χ0n) is 13.3. The number of pyridine rings is 2. The molecule has 4 aromatic heterocycles. The lowest BCUT2D eigenvalue weighted by molar-refractivity contribution is 0.653. The maximum atomic E-state index is 6.14. The van der Waals surface area contributed by atoms with Gasteiger partial charge < -0.3 is 4.42 Å². The molecule has 0 aliphatic heterocycles. The number of para-hydroxylation sites is 1. The van der Waals surface area contributed by atoms with E-state index in [1.165, 1.54) is 15.6 Å². The fraction of sp³-hybridized carbons (Fsp3) is 0.100. The molecule has 0 saturated heterocycles. The molecule has 4 heterocycles. The van der Waals surface area contributed by atoms with Gasteiger partial charge in [-0.3, -0.25) is 4.98 Å². The van der Waals surface area contributed by atoms with Crippen LogP contribution < -0.4 is 0 Å². The van der Waals surface area contributed by atoms with Crippen LogP contribution in [0.4, 0.5) is 0 Å². The van der Waals surface area contributed by atoms with Crippen molar-refractivity contribution in [1.29, 1.82) is 0 Å². The number of fused-ring (bicyclic) bond motifs is 4. The van der Waals surface area contributed by atoms with Gasteiger partial charge in [0.25, 0.3) is 0 Å². The molecule has 0 amide bonds. The minimum Gasteiger partial charge on any atom is -0.437 e. The number of furan rings is 1. The SMILES string of the molecule is Cc1ccc2c(n1)oc1c(-c3nccc4scc(C)c34)cccc12. The number of benzene rings is 1. The predicted molar refractivity (Wildman–Crippen MR) is 99.6 cm³/mol. The summed E-state index contributed by atoms with van der Waals surface area (Å²) in [6.07, 6.45) is 1.87. The lowest BCUT2D eigenvalue weighted by atomic mass is 10.0. The molecule has 116 valence electrons. The van der Waals surface area contributed by atoms with Crippen molar-refractivity contribution in [3.63, 3.8) is 0 Å². The van der Waals surface area contributed by atoms with E-state index in [9.17, 15) is 0 Å². The summed E-state index contributed by atoms with van der Waals surface area (Å²) >= 11 is 1.75. The van der Waals surface area contributed by atoms with Crippen molar-refractivity contribution in [1.82, 2.24) is 9.97 Å². The molecule has 0 N–H and O–H groups in total. The molecule has 0 aliphatic carbocycles. The zero-order chi connectivity index (χ0) is 16.3. The van der Waals surface area contributed by atoms with Gasteiger partial charge in [-0.1, -0.05) is 12.1 Å². The van der Waals surface area contributed by atoms with E-state index in [4.69, 9.17) is 4.42 Å². The van der Waals surface area contributed by atoms with E-state index in [1.807, 2.05) is 19.2 Å². The topological polar surface area (TPSA) is 38.9 Å². The van der Waals surface area contributed by atoms with Crippen LogP contribution in [0, 0.1) is 13.8 Å². The van der Waals surface area contributed by atoms with E-state index in [1.54, 1.807) is 11.3 Å². The highest BCUT2D eigenvalue weighted by atomic mass is 32.1. The Labute approximate surface area is 142 Å². The monoisotopic (exact) mass is 330 g/mol. The van der Waals surface area contributed by atoms with Gasteiger partial charge in [0.1, 0.15) is 5.58 Å². The Kier molecular flexibility index (Phi) is 2.79. The number of hydrogen-bond donors (Lipinski definition) is 0. The van der Waals surface area contributed by atoms with Crippen LogP contribution in [0.3, 0.4) is 0 Å². The highest BCUT2D eigenvalue weighted by Crippen LogP contribution is 2.39. The molecular formula is C20H14N2OS. The predicted octanol–water partition coefficient (Wildman–Crippen LogP) is 5.87. The summed E-state index contributed by atoms with van der Waals surface area (Å²) in [7, 11) is 0. The number of aromatic nitrogens is 2. The van der Waals surface area contributed by atoms with Crippen LogP contribution in [-0.4, -0.2) is 9.97 Å². The first kappa shape index (κ1) is 13.7. The van der Waals surface area contributed by atoms with E-state index in [0.29, 0.717) is 5.71 Å². The Morgan fingerprint density at radius 2 is 1.92 bits per heavy atom. The van der Waals surface area contributed by atoms with Crippen molar-refractivity contribution in [2.45, 2.75) is 13.8 Å². The van der Waals surface area contributed by atoms with Gasteiger partial charge in [0.15, 0.2) is 0 Å². The second kappa shape index (κ2) is 4.89. The standard InChI is InChI=1S/C20H14N2OS/c1-11-10-24-16-8-9-21-18(17(11)16)15-5-3-4-13-14-7-6-12(2)22-20(14)23-19(13)15/h3-10H,1-2H3. The molecule has 3 nitrogen and oxygen atoms in total. The smallest absolute Gasteiger partial charge is 0.227 e. The minimum absolute atomic E-state index is 0.687. The van der Waals surface area contributed by atoms with E-state index in [-0.39, 0.29) is 0 Å². The lowest BCUT2D eigenvalue weighted by Crippen LogP contribution is -1.85. The van der Waals surface area contributed by atoms with Crippen LogP contribution in [0.5, 0.6) is 0 Å². The van der Waals surface area contributed by atoms with Gasteiger partial charge in [-0.05, 0) is 49.1 Å². The summed E-state index contributed by atoms with van der Waals surface area (Å²) < 4.78 is 7.39. The van der Waals surface area contributed by atoms with E-state index < -0.39 is 0 Å². The van der Waals surface area contributed by atoms with E-state index >= 15 is 0 Å². The summed E-state index contributed by atoms with van der Waals surface area (Å²) in [6.45, 7) is 4.11. The first-order valence-corrected chi connectivity index (χ1v) is 8.72. The zero-order valence-corrected chi connectivity index (χ0v) is 14.1. The molecule has 0 fully saturated rings. The van der Waals surface area contributed by atoms with Crippen molar-refractivity contribution < 1.29 is 4.42 Å². The first-order valence-electron chi connectivity index (χ1n) is 7.84. The maximum absolute atomic E-state index is 6.14. The van der Waals surface area contributed by atoms with Crippen LogP contribution in [0.1, 0.15) is 11.3 Å². The number of rotatable bonds is 1. The Hall–Kier alpha value is -2.72. The third-order valence-corrected chi connectivity index (χ3v) is 5.49. The number of hydrogen-bond acceptors (Lipinski definition) is 4. The van der Waals surface area contributed by atoms with Crippen molar-refractivity contribution in [2.75, 3.05) is 0 Å². The number of aryl methyl sites for hydroxylation is 2. The lowest BCUT2D eigenvalue weighted by Gasteiger charge is -2.04. The second-order valence-corrected chi connectivity index (χ2v) is 6.95. The van der Waals surface area contributed by atoms with E-state index in [0.717, 1.165) is 33.3 Å². The molecule has 0 aliphatic rings. The molecule has 0 atom stereocenters. The molecule has 4 heteroatoms. The van der Waals surface area contributed by atoms with Crippen LogP contribution in [0.2, 0.25) is 0 Å². The van der Waals surface area contributed by atoms with Gasteiger partial charge in [-0.2, -0.15) is 0 Å². The summed E-state index contributed by atoms with van der Waals surface area (Å²) in [4.78, 5) is 9.21. The molecule has 5 rings (SSSR count). The summed E-state index contributed by atoms with van der Waals surface area (Å²) in [5, 5.41) is 5.52. The fourth-order valence-electron chi connectivity index (χ4n) is 3.30. The van der Waals surface area contributed by atoms with Gasteiger partial charge in [-0.25, -0.2) is 4.98 Å². The van der Waals surface area contributed by atoms with Crippen molar-refractivity contribution in [3.05, 3.63) is 59.2 Å². The van der Waals surface area contributed by atoms with Crippen molar-refractivity contribution in [3.8, 4) is 11.3 Å². The van der Waals surface area contributed by atoms with Crippen molar-refractivity contribution in [2.24, 2.45) is 0 Å². The molecule has 5 aromatic rings. The van der Waals surface area contributed by atoms with Gasteiger partial charge in [0.05, 0.1) is 5.69 Å². The average Bonchev–Trinajstić information content (AvgIpc) is 3.15. The molecule has 0 radical (unpaired) electrons. The number of nitrogens with zero attached hydrogens (tertiary/aromatic N) is 2. The maximum Gasteiger partial charge on any atom is 0.227 e. The van der Waals surface area contributed by atoms with Crippen LogP contribution in [-0.2, 0) is 0 Å². The second-order valence-electron chi connectivity index (χ2n) is 6.04.